The fourth-order valence-corrected chi connectivity index (χ4v) is 3.08. The van der Waals surface area contributed by atoms with Gasteiger partial charge in [0.2, 0.25) is 5.91 Å². The Balaban J connectivity index is 1.39. The molecule has 0 saturated heterocycles. The van der Waals surface area contributed by atoms with Crippen LogP contribution in [0.25, 0.3) is 0 Å². The number of amides is 1. The average molecular weight is 382 g/mol. The molecule has 0 aliphatic carbocycles. The first-order chi connectivity index (χ1) is 13.7. The second-order valence-electron chi connectivity index (χ2n) is 6.30. The Kier molecular flexibility index (Phi) is 6.73. The minimum atomic E-state index is 0.0300. The topological polar surface area (TPSA) is 75.2 Å². The van der Waals surface area contributed by atoms with Crippen molar-refractivity contribution in [3.63, 3.8) is 0 Å². The van der Waals surface area contributed by atoms with E-state index in [-0.39, 0.29) is 12.5 Å². The minimum absolute atomic E-state index is 0.0300. The van der Waals surface area contributed by atoms with Crippen LogP contribution in [0, 0.1) is 0 Å². The molecule has 2 N–H and O–H groups in total. The number of carbonyl (C=O) groups is 1. The zero-order chi connectivity index (χ0) is 19.8. The highest BCUT2D eigenvalue weighted by Gasteiger charge is 2.23. The first-order valence-electron chi connectivity index (χ1n) is 9.31. The van der Waals surface area contributed by atoms with Crippen LogP contribution >= 0.6 is 0 Å². The van der Waals surface area contributed by atoms with Crippen molar-refractivity contribution in [2.75, 3.05) is 45.3 Å². The van der Waals surface area contributed by atoms with E-state index in [2.05, 4.69) is 21.7 Å². The highest BCUT2D eigenvalue weighted by molar-refractivity contribution is 5.98. The third-order valence-corrected chi connectivity index (χ3v) is 4.54. The molecule has 1 amide bonds. The average Bonchev–Trinajstić information content (AvgIpc) is 3.17. The third kappa shape index (κ3) is 4.94. The van der Waals surface area contributed by atoms with Crippen molar-refractivity contribution in [2.24, 2.45) is 4.99 Å². The SMILES string of the molecule is CN=C(NCCOc1ccc(OC)cc1)NCC(=O)N1CCc2ccccc21. The Hall–Kier alpha value is -3.22. The van der Waals surface area contributed by atoms with E-state index in [1.54, 1.807) is 14.2 Å². The summed E-state index contributed by atoms with van der Waals surface area (Å²) in [4.78, 5) is 18.5. The first-order valence-corrected chi connectivity index (χ1v) is 9.31. The molecule has 2 aromatic rings. The molecule has 7 heteroatoms. The van der Waals surface area contributed by atoms with Gasteiger partial charge in [0.1, 0.15) is 18.1 Å². The summed E-state index contributed by atoms with van der Waals surface area (Å²) in [6.45, 7) is 1.95. The van der Waals surface area contributed by atoms with Crippen molar-refractivity contribution in [3.05, 3.63) is 54.1 Å². The van der Waals surface area contributed by atoms with E-state index in [0.717, 1.165) is 30.2 Å². The van der Waals surface area contributed by atoms with Gasteiger partial charge in [-0.05, 0) is 42.3 Å². The Morgan fingerprint density at radius 3 is 2.61 bits per heavy atom. The molecule has 0 saturated carbocycles. The van der Waals surface area contributed by atoms with Crippen molar-refractivity contribution in [1.29, 1.82) is 0 Å². The molecule has 0 spiro atoms. The lowest BCUT2D eigenvalue weighted by atomic mass is 10.2. The molecule has 148 valence electrons. The number of methoxy groups -OCH3 is 1. The van der Waals surface area contributed by atoms with Gasteiger partial charge in [-0.1, -0.05) is 18.2 Å². The molecular weight excluding hydrogens is 356 g/mol. The number of para-hydroxylation sites is 1. The molecule has 0 aromatic heterocycles. The highest BCUT2D eigenvalue weighted by atomic mass is 16.5. The van der Waals surface area contributed by atoms with Crippen molar-refractivity contribution in [2.45, 2.75) is 6.42 Å². The van der Waals surface area contributed by atoms with Crippen molar-refractivity contribution in [1.82, 2.24) is 10.6 Å². The number of nitrogens with zero attached hydrogens (tertiary/aromatic N) is 2. The summed E-state index contributed by atoms with van der Waals surface area (Å²) in [5.41, 5.74) is 2.22. The van der Waals surface area contributed by atoms with Gasteiger partial charge in [0.25, 0.3) is 0 Å². The molecule has 2 aromatic carbocycles. The molecule has 28 heavy (non-hydrogen) atoms. The molecule has 0 fully saturated rings. The lowest BCUT2D eigenvalue weighted by Crippen LogP contribution is -2.45. The summed E-state index contributed by atoms with van der Waals surface area (Å²) in [5.74, 6) is 2.16. The number of nitrogens with one attached hydrogen (secondary N) is 2. The first kappa shape index (κ1) is 19.5. The second-order valence-corrected chi connectivity index (χ2v) is 6.30. The van der Waals surface area contributed by atoms with Gasteiger partial charge in [0.15, 0.2) is 5.96 Å². The quantitative estimate of drug-likeness (QED) is 0.434. The van der Waals surface area contributed by atoms with E-state index in [9.17, 15) is 4.79 Å². The number of anilines is 1. The maximum atomic E-state index is 12.5. The Morgan fingerprint density at radius 2 is 1.86 bits per heavy atom. The van der Waals surface area contributed by atoms with Crippen LogP contribution in [0.2, 0.25) is 0 Å². The number of rotatable bonds is 7. The van der Waals surface area contributed by atoms with Crippen LogP contribution in [0.4, 0.5) is 5.69 Å². The molecular formula is C21H26N4O3. The molecule has 1 aliphatic heterocycles. The number of fused-ring (bicyclic) bond motifs is 1. The van der Waals surface area contributed by atoms with E-state index in [4.69, 9.17) is 9.47 Å². The molecule has 1 aliphatic rings. The number of hydrogen-bond acceptors (Lipinski definition) is 4. The Labute approximate surface area is 165 Å². The predicted octanol–water partition coefficient (Wildman–Crippen LogP) is 1.83. The zero-order valence-corrected chi connectivity index (χ0v) is 16.3. The molecule has 0 unspecified atom stereocenters. The Bertz CT molecular complexity index is 821. The van der Waals surface area contributed by atoms with Gasteiger partial charge in [-0.25, -0.2) is 0 Å². The van der Waals surface area contributed by atoms with E-state index >= 15 is 0 Å². The largest absolute Gasteiger partial charge is 0.497 e. The smallest absolute Gasteiger partial charge is 0.246 e. The number of hydrogen-bond donors (Lipinski definition) is 2. The van der Waals surface area contributed by atoms with Crippen LogP contribution in [-0.4, -0.2) is 52.3 Å². The summed E-state index contributed by atoms with van der Waals surface area (Å²) in [5, 5.41) is 6.21. The summed E-state index contributed by atoms with van der Waals surface area (Å²) in [7, 11) is 3.31. The van der Waals surface area contributed by atoms with Crippen molar-refractivity contribution in [3.8, 4) is 11.5 Å². The fraction of sp³-hybridized carbons (Fsp3) is 0.333. The number of ether oxygens (including phenoxy) is 2. The minimum Gasteiger partial charge on any atom is -0.497 e. The van der Waals surface area contributed by atoms with E-state index < -0.39 is 0 Å². The van der Waals surface area contributed by atoms with Crippen LogP contribution < -0.4 is 25.0 Å². The van der Waals surface area contributed by atoms with Crippen molar-refractivity contribution >= 4 is 17.6 Å². The number of benzene rings is 2. The van der Waals surface area contributed by atoms with Crippen LogP contribution in [-0.2, 0) is 11.2 Å². The lowest BCUT2D eigenvalue weighted by Gasteiger charge is -2.19. The van der Waals surface area contributed by atoms with Crippen LogP contribution in [0.3, 0.4) is 0 Å². The molecule has 3 rings (SSSR count). The summed E-state index contributed by atoms with van der Waals surface area (Å²) in [6, 6.07) is 15.4. The zero-order valence-electron chi connectivity index (χ0n) is 16.3. The molecule has 0 radical (unpaired) electrons. The van der Waals surface area contributed by atoms with Crippen LogP contribution in [0.5, 0.6) is 11.5 Å². The maximum absolute atomic E-state index is 12.5. The standard InChI is InChI=1S/C21H26N4O3/c1-22-21(23-12-14-28-18-9-7-17(27-2)8-10-18)24-15-20(26)25-13-11-16-5-3-4-6-19(16)25/h3-10H,11-15H2,1-2H3,(H2,22,23,24). The molecule has 0 atom stereocenters. The monoisotopic (exact) mass is 382 g/mol. The van der Waals surface area contributed by atoms with Crippen LogP contribution in [0.15, 0.2) is 53.5 Å². The number of guanidine groups is 1. The normalized spacial score (nSPS) is 13.1. The summed E-state index contributed by atoms with van der Waals surface area (Å²) < 4.78 is 10.8. The van der Waals surface area contributed by atoms with Gasteiger partial charge in [0, 0.05) is 19.3 Å². The van der Waals surface area contributed by atoms with E-state index in [0.29, 0.717) is 19.1 Å². The fourth-order valence-electron chi connectivity index (χ4n) is 3.08. The van der Waals surface area contributed by atoms with Gasteiger partial charge >= 0.3 is 0 Å². The van der Waals surface area contributed by atoms with Crippen molar-refractivity contribution < 1.29 is 14.3 Å². The third-order valence-electron chi connectivity index (χ3n) is 4.54. The summed E-state index contributed by atoms with van der Waals surface area (Å²) >= 11 is 0. The highest BCUT2D eigenvalue weighted by Crippen LogP contribution is 2.27. The second kappa shape index (κ2) is 9.64. The molecule has 0 bridgehead atoms. The lowest BCUT2D eigenvalue weighted by molar-refractivity contribution is -0.117. The maximum Gasteiger partial charge on any atom is 0.246 e. The molecule has 7 nitrogen and oxygen atoms in total. The number of aliphatic imine (C=N–C) groups is 1. The van der Waals surface area contributed by atoms with Gasteiger partial charge in [0.05, 0.1) is 20.2 Å². The number of carbonyl (C=O) groups excluding carboxylic acids is 1. The van der Waals surface area contributed by atoms with Gasteiger partial charge in [-0.15, -0.1) is 0 Å². The van der Waals surface area contributed by atoms with Gasteiger partial charge in [-0.2, -0.15) is 0 Å². The Morgan fingerprint density at radius 1 is 1.11 bits per heavy atom. The van der Waals surface area contributed by atoms with Crippen LogP contribution in [0.1, 0.15) is 5.56 Å². The van der Waals surface area contributed by atoms with E-state index in [1.165, 1.54) is 5.56 Å². The predicted molar refractivity (Wildman–Crippen MR) is 110 cm³/mol. The molecule has 1 heterocycles. The van der Waals surface area contributed by atoms with Gasteiger partial charge < -0.3 is 25.0 Å². The van der Waals surface area contributed by atoms with E-state index in [1.807, 2.05) is 47.4 Å². The summed E-state index contributed by atoms with van der Waals surface area (Å²) in [6.07, 6.45) is 0.900. The van der Waals surface area contributed by atoms with Gasteiger partial charge in [-0.3, -0.25) is 9.79 Å².